The van der Waals surface area contributed by atoms with Gasteiger partial charge < -0.3 is 10.2 Å². The van der Waals surface area contributed by atoms with Crippen molar-refractivity contribution in [3.05, 3.63) is 34.9 Å². The molecule has 0 saturated carbocycles. The van der Waals surface area contributed by atoms with Crippen molar-refractivity contribution in [2.24, 2.45) is 0 Å². The van der Waals surface area contributed by atoms with Crippen molar-refractivity contribution in [3.8, 4) is 0 Å². The highest BCUT2D eigenvalue weighted by molar-refractivity contribution is 5.36. The molecule has 17 heavy (non-hydrogen) atoms. The minimum Gasteiger partial charge on any atom is -0.309 e. The van der Waals surface area contributed by atoms with Gasteiger partial charge in [-0.15, -0.1) is 0 Å². The Balaban J connectivity index is 2.40. The molecule has 2 nitrogen and oxygen atoms in total. The third-order valence-corrected chi connectivity index (χ3v) is 4.06. The monoisotopic (exact) mass is 232 g/mol. The molecule has 1 N–H and O–H groups in total. The fourth-order valence-corrected chi connectivity index (χ4v) is 3.18. The van der Waals surface area contributed by atoms with E-state index in [1.165, 1.54) is 36.1 Å². The van der Waals surface area contributed by atoms with Crippen molar-refractivity contribution < 1.29 is 0 Å². The van der Waals surface area contributed by atoms with Crippen molar-refractivity contribution in [3.63, 3.8) is 0 Å². The van der Waals surface area contributed by atoms with Crippen LogP contribution >= 0.6 is 0 Å². The van der Waals surface area contributed by atoms with Crippen LogP contribution in [-0.2, 0) is 5.54 Å². The van der Waals surface area contributed by atoms with Crippen molar-refractivity contribution in [1.82, 2.24) is 10.2 Å². The molecule has 1 atom stereocenters. The van der Waals surface area contributed by atoms with E-state index in [2.05, 4.69) is 56.4 Å². The van der Waals surface area contributed by atoms with Gasteiger partial charge in [0.1, 0.15) is 0 Å². The Kier molecular flexibility index (Phi) is 3.55. The van der Waals surface area contributed by atoms with Crippen molar-refractivity contribution in [2.45, 2.75) is 32.2 Å². The average molecular weight is 232 g/mol. The van der Waals surface area contributed by atoms with Crippen LogP contribution in [-0.4, -0.2) is 32.1 Å². The maximum absolute atomic E-state index is 3.58. The second-order valence-corrected chi connectivity index (χ2v) is 5.49. The lowest BCUT2D eigenvalue weighted by molar-refractivity contribution is 0.151. The number of hydrogen-bond donors (Lipinski definition) is 1. The molecule has 2 heteroatoms. The quantitative estimate of drug-likeness (QED) is 0.842. The summed E-state index contributed by atoms with van der Waals surface area (Å²) in [5.74, 6) is 0. The van der Waals surface area contributed by atoms with Gasteiger partial charge in [0, 0.05) is 6.54 Å². The van der Waals surface area contributed by atoms with Crippen molar-refractivity contribution >= 4 is 0 Å². The number of benzene rings is 1. The van der Waals surface area contributed by atoms with Gasteiger partial charge in [0.2, 0.25) is 0 Å². The summed E-state index contributed by atoms with van der Waals surface area (Å²) in [5, 5.41) is 3.58. The van der Waals surface area contributed by atoms with Crippen LogP contribution in [0.15, 0.2) is 18.2 Å². The summed E-state index contributed by atoms with van der Waals surface area (Å²) in [6.07, 6.45) is 2.50. The molecule has 1 fully saturated rings. The number of nitrogens with zero attached hydrogens (tertiary/aromatic N) is 1. The summed E-state index contributed by atoms with van der Waals surface area (Å²) in [6, 6.07) is 6.83. The van der Waals surface area contributed by atoms with Crippen molar-refractivity contribution in [1.29, 1.82) is 0 Å². The van der Waals surface area contributed by atoms with Crippen molar-refractivity contribution in [2.75, 3.05) is 27.2 Å². The highest BCUT2D eigenvalue weighted by Gasteiger charge is 2.35. The molecule has 1 unspecified atom stereocenters. The summed E-state index contributed by atoms with van der Waals surface area (Å²) in [4.78, 5) is 2.43. The normalized spacial score (nSPS) is 26.1. The molecule has 1 aliphatic heterocycles. The van der Waals surface area contributed by atoms with E-state index in [9.17, 15) is 0 Å². The van der Waals surface area contributed by atoms with Gasteiger partial charge in [-0.3, -0.25) is 0 Å². The number of likely N-dealkylation sites (N-methyl/N-ethyl adjacent to an activating group) is 2. The molecule has 0 spiro atoms. The first-order chi connectivity index (χ1) is 8.07. The van der Waals surface area contributed by atoms with Crippen LogP contribution in [0.1, 0.15) is 29.5 Å². The number of likely N-dealkylation sites (tertiary alicyclic amines) is 1. The first-order valence-electron chi connectivity index (χ1n) is 6.52. The van der Waals surface area contributed by atoms with Gasteiger partial charge in [0.05, 0.1) is 5.54 Å². The van der Waals surface area contributed by atoms with E-state index in [1.54, 1.807) is 0 Å². The van der Waals surface area contributed by atoms with Gasteiger partial charge in [-0.25, -0.2) is 0 Å². The van der Waals surface area contributed by atoms with Gasteiger partial charge in [-0.2, -0.15) is 0 Å². The maximum Gasteiger partial charge on any atom is 0.0564 e. The van der Waals surface area contributed by atoms with Gasteiger partial charge >= 0.3 is 0 Å². The molecular formula is C15H24N2. The standard InChI is InChI=1S/C15H24N2/c1-12-6-7-14(13(2)10-12)15(16-3)8-5-9-17(4)11-15/h6-7,10,16H,5,8-9,11H2,1-4H3. The van der Waals surface area contributed by atoms with Crippen LogP contribution in [0.25, 0.3) is 0 Å². The number of piperidine rings is 1. The number of nitrogens with one attached hydrogen (secondary N) is 1. The smallest absolute Gasteiger partial charge is 0.0564 e. The summed E-state index contributed by atoms with van der Waals surface area (Å²) in [7, 11) is 4.31. The average Bonchev–Trinajstić information content (AvgIpc) is 2.28. The van der Waals surface area contributed by atoms with E-state index in [-0.39, 0.29) is 5.54 Å². The number of aryl methyl sites for hydroxylation is 2. The van der Waals surface area contributed by atoms with E-state index < -0.39 is 0 Å². The van der Waals surface area contributed by atoms with Gasteiger partial charge in [-0.1, -0.05) is 23.8 Å². The summed E-state index contributed by atoms with van der Waals surface area (Å²) >= 11 is 0. The van der Waals surface area contributed by atoms with E-state index >= 15 is 0 Å². The molecule has 1 saturated heterocycles. The molecule has 0 aliphatic carbocycles. The molecule has 0 radical (unpaired) electrons. The van der Waals surface area contributed by atoms with Crippen LogP contribution in [0, 0.1) is 13.8 Å². The Morgan fingerprint density at radius 1 is 1.29 bits per heavy atom. The van der Waals surface area contributed by atoms with Gasteiger partial charge in [-0.05, 0) is 58.5 Å². The predicted molar refractivity (Wildman–Crippen MR) is 73.4 cm³/mol. The minimum absolute atomic E-state index is 0.144. The zero-order valence-corrected chi connectivity index (χ0v) is 11.5. The van der Waals surface area contributed by atoms with E-state index in [4.69, 9.17) is 0 Å². The second kappa shape index (κ2) is 4.79. The van der Waals surface area contributed by atoms with Gasteiger partial charge in [0.25, 0.3) is 0 Å². The third kappa shape index (κ3) is 2.38. The van der Waals surface area contributed by atoms with Crippen LogP contribution in [0.4, 0.5) is 0 Å². The molecule has 2 rings (SSSR count). The van der Waals surface area contributed by atoms with Crippen LogP contribution in [0.5, 0.6) is 0 Å². The largest absolute Gasteiger partial charge is 0.309 e. The first kappa shape index (κ1) is 12.6. The third-order valence-electron chi connectivity index (χ3n) is 4.06. The topological polar surface area (TPSA) is 15.3 Å². The lowest BCUT2D eigenvalue weighted by atomic mass is 9.80. The molecule has 1 heterocycles. The highest BCUT2D eigenvalue weighted by Crippen LogP contribution is 2.33. The summed E-state index contributed by atoms with van der Waals surface area (Å²) in [6.45, 7) is 6.72. The first-order valence-corrected chi connectivity index (χ1v) is 6.52. The Bertz CT molecular complexity index is 400. The fraction of sp³-hybridized carbons (Fsp3) is 0.600. The molecule has 1 aromatic carbocycles. The number of rotatable bonds is 2. The minimum atomic E-state index is 0.144. The molecule has 0 aromatic heterocycles. The van der Waals surface area contributed by atoms with E-state index in [1.807, 2.05) is 0 Å². The lowest BCUT2D eigenvalue weighted by Crippen LogP contribution is -2.52. The predicted octanol–water partition coefficient (Wildman–Crippen LogP) is 2.44. The van der Waals surface area contributed by atoms with Crippen LogP contribution < -0.4 is 5.32 Å². The molecular weight excluding hydrogens is 208 g/mol. The fourth-order valence-electron chi connectivity index (χ4n) is 3.18. The SMILES string of the molecule is CNC1(c2ccc(C)cc2C)CCCN(C)C1. The molecule has 1 aromatic rings. The molecule has 1 aliphatic rings. The molecule has 0 bridgehead atoms. The zero-order valence-electron chi connectivity index (χ0n) is 11.5. The Morgan fingerprint density at radius 3 is 2.65 bits per heavy atom. The van der Waals surface area contributed by atoms with Gasteiger partial charge in [0.15, 0.2) is 0 Å². The van der Waals surface area contributed by atoms with E-state index in [0.717, 1.165) is 6.54 Å². The Hall–Kier alpha value is -0.860. The Morgan fingerprint density at radius 2 is 2.06 bits per heavy atom. The maximum atomic E-state index is 3.58. The summed E-state index contributed by atoms with van der Waals surface area (Å²) in [5.41, 5.74) is 4.37. The van der Waals surface area contributed by atoms with Crippen LogP contribution in [0.2, 0.25) is 0 Å². The molecule has 0 amide bonds. The number of hydrogen-bond acceptors (Lipinski definition) is 2. The second-order valence-electron chi connectivity index (χ2n) is 5.49. The van der Waals surface area contributed by atoms with Crippen LogP contribution in [0.3, 0.4) is 0 Å². The molecule has 94 valence electrons. The zero-order chi connectivity index (χ0) is 12.5. The summed E-state index contributed by atoms with van der Waals surface area (Å²) < 4.78 is 0. The lowest BCUT2D eigenvalue weighted by Gasteiger charge is -2.42. The highest BCUT2D eigenvalue weighted by atomic mass is 15.2. The van der Waals surface area contributed by atoms with E-state index in [0.29, 0.717) is 0 Å². The Labute approximate surface area is 105 Å².